The van der Waals surface area contributed by atoms with E-state index in [2.05, 4.69) is 26.3 Å². The van der Waals surface area contributed by atoms with E-state index in [4.69, 9.17) is 35.0 Å². The summed E-state index contributed by atoms with van der Waals surface area (Å²) in [7, 11) is -9.33. The number of hydrogen-bond donors (Lipinski definition) is 4. The molecule has 10 heteroatoms. The van der Waals surface area contributed by atoms with E-state index in [0.717, 1.165) is 0 Å². The van der Waals surface area contributed by atoms with E-state index in [9.17, 15) is 0 Å². The van der Waals surface area contributed by atoms with Crippen LogP contribution in [0.1, 0.15) is 0 Å². The molecule has 88 valence electrons. The van der Waals surface area contributed by atoms with Crippen molar-refractivity contribution >= 4 is 20.8 Å². The summed E-state index contributed by atoms with van der Waals surface area (Å²) in [5, 5.41) is 0. The van der Waals surface area contributed by atoms with Crippen molar-refractivity contribution in [3.05, 3.63) is 26.3 Å². The molecule has 4 N–H and O–H groups in total. The Hall–Kier alpha value is -0.780. The van der Waals surface area contributed by atoms with Crippen LogP contribution in [-0.2, 0) is 20.8 Å². The maximum absolute atomic E-state index is 8.74. The first-order chi connectivity index (χ1) is 6.00. The molecule has 0 atom stereocenters. The van der Waals surface area contributed by atoms with Crippen LogP contribution in [0, 0.1) is 0 Å². The molecule has 14 heavy (non-hydrogen) atoms. The van der Waals surface area contributed by atoms with Crippen molar-refractivity contribution in [3.63, 3.8) is 0 Å². The molecule has 0 aliphatic heterocycles. The summed E-state index contributed by atoms with van der Waals surface area (Å²) >= 11 is 0. The summed E-state index contributed by atoms with van der Waals surface area (Å²) in [6.07, 6.45) is 0. The zero-order valence-corrected chi connectivity index (χ0v) is 8.70. The molecular weight excluding hydrogens is 240 g/mol. The highest BCUT2D eigenvalue weighted by Gasteiger charge is 1.85. The van der Waals surface area contributed by atoms with Gasteiger partial charge in [0.25, 0.3) is 0 Å². The van der Waals surface area contributed by atoms with E-state index in [1.165, 1.54) is 0 Å². The van der Waals surface area contributed by atoms with Gasteiger partial charge < -0.3 is 0 Å². The maximum Gasteiger partial charge on any atom is 0.394 e. The van der Waals surface area contributed by atoms with Crippen LogP contribution < -0.4 is 0 Å². The summed E-state index contributed by atoms with van der Waals surface area (Å²) in [6, 6.07) is 0. The molecule has 8 nitrogen and oxygen atoms in total. The first-order valence-corrected chi connectivity index (χ1v) is 5.19. The smallest absolute Gasteiger partial charge is 0.264 e. The molecule has 0 aromatic heterocycles. The lowest BCUT2D eigenvalue weighted by Crippen LogP contribution is -1.89. The van der Waals surface area contributed by atoms with Gasteiger partial charge in [-0.2, -0.15) is 16.8 Å². The molecule has 0 aliphatic rings. The molecule has 0 rings (SSSR count). The highest BCUT2D eigenvalue weighted by Crippen LogP contribution is 1.59. The fourth-order valence-corrected chi connectivity index (χ4v) is 0. The van der Waals surface area contributed by atoms with Crippen LogP contribution in [0.2, 0.25) is 0 Å². The van der Waals surface area contributed by atoms with Crippen molar-refractivity contribution < 1.29 is 35.0 Å². The van der Waals surface area contributed by atoms with Crippen molar-refractivity contribution in [2.24, 2.45) is 0 Å². The van der Waals surface area contributed by atoms with Crippen LogP contribution in [-0.4, -0.2) is 35.0 Å². The third-order valence-corrected chi connectivity index (χ3v) is 0. The standard InChI is InChI=1S/2C2H4.2H2O4S/c2*1-2;2*1-5(2,3)4/h2*1-2H2;2*(H2,1,2,3,4). The monoisotopic (exact) mass is 252 g/mol. The van der Waals surface area contributed by atoms with Crippen molar-refractivity contribution in [1.82, 2.24) is 0 Å². The Kier molecular flexibility index (Phi) is 20.3. The molecule has 0 bridgehead atoms. The summed E-state index contributed by atoms with van der Waals surface area (Å²) in [6.45, 7) is 12.0. The lowest BCUT2D eigenvalue weighted by molar-refractivity contribution is 0.378. The molecule has 0 saturated carbocycles. The summed E-state index contributed by atoms with van der Waals surface area (Å²) in [4.78, 5) is 0. The van der Waals surface area contributed by atoms with E-state index >= 15 is 0 Å². The third kappa shape index (κ3) is 1930. The number of rotatable bonds is 0. The van der Waals surface area contributed by atoms with E-state index in [1.54, 1.807) is 0 Å². The fourth-order valence-electron chi connectivity index (χ4n) is 0. The van der Waals surface area contributed by atoms with E-state index in [-0.39, 0.29) is 0 Å². The summed E-state index contributed by atoms with van der Waals surface area (Å²) in [5.41, 5.74) is 0. The Morgan fingerprint density at radius 2 is 0.571 bits per heavy atom. The van der Waals surface area contributed by atoms with Gasteiger partial charge in [0.15, 0.2) is 0 Å². The fraction of sp³-hybridized carbons (Fsp3) is 0. The normalized spacial score (nSPS) is 8.86. The lowest BCUT2D eigenvalue weighted by atomic mass is 11.3. The zero-order chi connectivity index (χ0) is 13.0. The second-order valence-corrected chi connectivity index (χ2v) is 2.69. The minimum absolute atomic E-state index is 3.00. The second kappa shape index (κ2) is 12.2. The van der Waals surface area contributed by atoms with E-state index < -0.39 is 20.8 Å². The Bertz CT molecular complexity index is 239. The van der Waals surface area contributed by atoms with Crippen molar-refractivity contribution in [3.8, 4) is 0 Å². The largest absolute Gasteiger partial charge is 0.394 e. The summed E-state index contributed by atoms with van der Waals surface area (Å²) < 4.78 is 63.2. The average molecular weight is 252 g/mol. The molecular formula is C4H12O8S2. The maximum atomic E-state index is 8.74. The van der Waals surface area contributed by atoms with Crippen molar-refractivity contribution in [2.75, 3.05) is 0 Å². The third-order valence-electron chi connectivity index (χ3n) is 0. The molecule has 0 saturated heterocycles. The zero-order valence-electron chi connectivity index (χ0n) is 7.07. The SMILES string of the molecule is C=C.C=C.O=S(=O)(O)O.O=S(=O)(O)O. The first kappa shape index (κ1) is 23.2. The Balaban J connectivity index is -0.0000000528. The topological polar surface area (TPSA) is 149 Å². The first-order valence-electron chi connectivity index (χ1n) is 2.40. The van der Waals surface area contributed by atoms with Crippen LogP contribution in [0.3, 0.4) is 0 Å². The Labute approximate surface area is 82.7 Å². The minimum Gasteiger partial charge on any atom is -0.264 e. The van der Waals surface area contributed by atoms with Gasteiger partial charge in [-0.25, -0.2) is 0 Å². The minimum atomic E-state index is -4.67. The van der Waals surface area contributed by atoms with Gasteiger partial charge >= 0.3 is 20.8 Å². The molecule has 0 unspecified atom stereocenters. The van der Waals surface area contributed by atoms with Gasteiger partial charge in [-0.05, 0) is 0 Å². The van der Waals surface area contributed by atoms with Gasteiger partial charge in [0.05, 0.1) is 0 Å². The highest BCUT2D eigenvalue weighted by atomic mass is 32.3. The van der Waals surface area contributed by atoms with Crippen LogP contribution in [0.5, 0.6) is 0 Å². The van der Waals surface area contributed by atoms with Crippen molar-refractivity contribution in [2.45, 2.75) is 0 Å². The van der Waals surface area contributed by atoms with Gasteiger partial charge in [-0.1, -0.05) is 0 Å². The van der Waals surface area contributed by atoms with Crippen LogP contribution >= 0.6 is 0 Å². The van der Waals surface area contributed by atoms with Crippen LogP contribution in [0.25, 0.3) is 0 Å². The van der Waals surface area contributed by atoms with Crippen molar-refractivity contribution in [1.29, 1.82) is 0 Å². The van der Waals surface area contributed by atoms with E-state index in [0.29, 0.717) is 0 Å². The predicted octanol–water partition coefficient (Wildman–Crippen LogP) is 0.299. The van der Waals surface area contributed by atoms with E-state index in [1.807, 2.05) is 0 Å². The molecule has 0 radical (unpaired) electrons. The van der Waals surface area contributed by atoms with Crippen LogP contribution in [0.15, 0.2) is 26.3 Å². The van der Waals surface area contributed by atoms with Crippen LogP contribution in [0.4, 0.5) is 0 Å². The summed E-state index contributed by atoms with van der Waals surface area (Å²) in [5.74, 6) is 0. The molecule has 0 fully saturated rings. The molecule has 0 spiro atoms. The lowest BCUT2D eigenvalue weighted by Gasteiger charge is -1.68. The van der Waals surface area contributed by atoms with Gasteiger partial charge in [-0.15, -0.1) is 26.3 Å². The molecule has 0 aromatic carbocycles. The molecule has 0 heterocycles. The van der Waals surface area contributed by atoms with Gasteiger partial charge in [0.2, 0.25) is 0 Å². The number of hydrogen-bond acceptors (Lipinski definition) is 4. The Morgan fingerprint density at radius 1 is 0.571 bits per heavy atom. The molecule has 0 aliphatic carbocycles. The Morgan fingerprint density at radius 3 is 0.571 bits per heavy atom. The molecule has 0 aromatic rings. The van der Waals surface area contributed by atoms with Gasteiger partial charge in [0, 0.05) is 0 Å². The van der Waals surface area contributed by atoms with Gasteiger partial charge in [-0.3, -0.25) is 18.2 Å². The average Bonchev–Trinajstić information content (AvgIpc) is 1.88. The predicted molar refractivity (Wildman–Crippen MR) is 50.9 cm³/mol. The quantitative estimate of drug-likeness (QED) is 0.355. The molecule has 0 amide bonds. The highest BCUT2D eigenvalue weighted by molar-refractivity contribution is 7.80. The van der Waals surface area contributed by atoms with Gasteiger partial charge in [0.1, 0.15) is 0 Å². The second-order valence-electron chi connectivity index (χ2n) is 0.896.